The van der Waals surface area contributed by atoms with Crippen LogP contribution in [0.15, 0.2) is 24.3 Å². The van der Waals surface area contributed by atoms with Gasteiger partial charge in [-0.15, -0.1) is 0 Å². The first-order valence-electron chi connectivity index (χ1n) is 11.9. The summed E-state index contributed by atoms with van der Waals surface area (Å²) in [5.74, 6) is 1.96. The number of amidine groups is 1. The quantitative estimate of drug-likeness (QED) is 0.646. The minimum atomic E-state index is 0.00837. The monoisotopic (exact) mass is 448 g/mol. The number of hydrogen-bond acceptors (Lipinski definition) is 6. The van der Waals surface area contributed by atoms with Crippen LogP contribution >= 0.6 is 0 Å². The van der Waals surface area contributed by atoms with Crippen LogP contribution in [0, 0.1) is 5.41 Å². The fourth-order valence-electron chi connectivity index (χ4n) is 4.76. The largest absolute Gasteiger partial charge is 0.494 e. The van der Waals surface area contributed by atoms with Crippen LogP contribution in [0.1, 0.15) is 71.4 Å². The fourth-order valence-corrected chi connectivity index (χ4v) is 4.76. The zero-order valence-corrected chi connectivity index (χ0v) is 19.7. The molecule has 2 aliphatic heterocycles. The number of benzene rings is 1. The van der Waals surface area contributed by atoms with Gasteiger partial charge in [-0.3, -0.25) is 10.2 Å². The number of nitrogens with one attached hydrogen (secondary N) is 1. The number of Topliss-reactive ketones (excluding diaryl/α,β-unsaturated/α-hetero) is 1. The van der Waals surface area contributed by atoms with Crippen molar-refractivity contribution in [2.24, 2.45) is 0 Å². The van der Waals surface area contributed by atoms with E-state index in [1.54, 1.807) is 7.11 Å². The molecule has 2 aromatic rings. The number of carbonyl (C=O) groups is 1. The predicted molar refractivity (Wildman–Crippen MR) is 128 cm³/mol. The van der Waals surface area contributed by atoms with Gasteiger partial charge in [0.05, 0.1) is 32.6 Å². The van der Waals surface area contributed by atoms with Gasteiger partial charge in [0.2, 0.25) is 0 Å². The first kappa shape index (κ1) is 21.9. The summed E-state index contributed by atoms with van der Waals surface area (Å²) in [5.41, 5.74) is 5.49. The lowest BCUT2D eigenvalue weighted by atomic mass is 9.96. The molecule has 0 spiro atoms. The Bertz CT molecular complexity index is 1090. The van der Waals surface area contributed by atoms with E-state index in [0.29, 0.717) is 37.1 Å². The second kappa shape index (κ2) is 8.78. The Morgan fingerprint density at radius 2 is 2.00 bits per heavy atom. The summed E-state index contributed by atoms with van der Waals surface area (Å²) in [6, 6.07) is 8.08. The summed E-state index contributed by atoms with van der Waals surface area (Å²) in [7, 11) is 1.69. The Labute approximate surface area is 195 Å². The van der Waals surface area contributed by atoms with E-state index < -0.39 is 0 Å². The van der Waals surface area contributed by atoms with Crippen molar-refractivity contribution in [2.75, 3.05) is 44.9 Å². The second-order valence-electron chi connectivity index (χ2n) is 9.52. The number of fused-ring (bicyclic) bond motifs is 1. The molecule has 3 aliphatic rings. The van der Waals surface area contributed by atoms with Crippen LogP contribution in [0.2, 0.25) is 0 Å². The highest BCUT2D eigenvalue weighted by Gasteiger charge is 2.32. The SMILES string of the molecule is COc1c(C(C)C)cc(C(=O)CN2Cc3ccc(C4CC4)nc3C2=N)cc1N1CCOCC1. The van der Waals surface area contributed by atoms with Gasteiger partial charge in [0.25, 0.3) is 0 Å². The number of pyridine rings is 1. The summed E-state index contributed by atoms with van der Waals surface area (Å²) < 4.78 is 11.3. The maximum atomic E-state index is 13.4. The summed E-state index contributed by atoms with van der Waals surface area (Å²) >= 11 is 0. The molecule has 1 aromatic carbocycles. The molecule has 1 N–H and O–H groups in total. The molecule has 1 saturated heterocycles. The minimum Gasteiger partial charge on any atom is -0.494 e. The van der Waals surface area contributed by atoms with E-state index in [2.05, 4.69) is 30.9 Å². The predicted octanol–water partition coefficient (Wildman–Crippen LogP) is 3.95. The van der Waals surface area contributed by atoms with Crippen molar-refractivity contribution in [2.45, 2.75) is 45.1 Å². The summed E-state index contributed by atoms with van der Waals surface area (Å²) in [5, 5.41) is 8.65. The Hall–Kier alpha value is -2.93. The molecule has 174 valence electrons. The number of carbonyl (C=O) groups excluding carboxylic acids is 1. The Kier molecular flexibility index (Phi) is 5.83. The average Bonchev–Trinajstić information content (AvgIpc) is 3.64. The maximum Gasteiger partial charge on any atom is 0.182 e. The highest BCUT2D eigenvalue weighted by molar-refractivity contribution is 6.05. The molecular formula is C26H32N4O3. The normalized spacial score (nSPS) is 18.1. The number of nitrogens with zero attached hydrogens (tertiary/aromatic N) is 3. The summed E-state index contributed by atoms with van der Waals surface area (Å²) in [4.78, 5) is 22.3. The third-order valence-electron chi connectivity index (χ3n) is 6.83. The summed E-state index contributed by atoms with van der Waals surface area (Å²) in [6.45, 7) is 7.83. The summed E-state index contributed by atoms with van der Waals surface area (Å²) in [6.07, 6.45) is 2.37. The third-order valence-corrected chi connectivity index (χ3v) is 6.83. The topological polar surface area (TPSA) is 78.8 Å². The zero-order valence-electron chi connectivity index (χ0n) is 19.7. The van der Waals surface area contributed by atoms with Gasteiger partial charge in [0, 0.05) is 42.4 Å². The van der Waals surface area contributed by atoms with Gasteiger partial charge in [-0.25, -0.2) is 4.98 Å². The van der Waals surface area contributed by atoms with Crippen LogP contribution in [0.25, 0.3) is 0 Å². The molecule has 7 nitrogen and oxygen atoms in total. The Morgan fingerprint density at radius 1 is 1.24 bits per heavy atom. The number of aromatic nitrogens is 1. The molecule has 0 amide bonds. The first-order valence-corrected chi connectivity index (χ1v) is 11.9. The van der Waals surface area contributed by atoms with Crippen LogP contribution in [0.3, 0.4) is 0 Å². The maximum absolute atomic E-state index is 13.4. The number of morpholine rings is 1. The average molecular weight is 449 g/mol. The van der Waals surface area contributed by atoms with Gasteiger partial charge in [-0.1, -0.05) is 19.9 Å². The number of hydrogen-bond donors (Lipinski definition) is 1. The molecule has 2 fully saturated rings. The van der Waals surface area contributed by atoms with Crippen molar-refractivity contribution in [3.8, 4) is 5.75 Å². The number of methoxy groups -OCH3 is 1. The van der Waals surface area contributed by atoms with Crippen molar-refractivity contribution < 1.29 is 14.3 Å². The Balaban J connectivity index is 1.41. The smallest absolute Gasteiger partial charge is 0.182 e. The van der Waals surface area contributed by atoms with Crippen molar-refractivity contribution in [1.82, 2.24) is 9.88 Å². The fraction of sp³-hybridized carbons (Fsp3) is 0.500. The van der Waals surface area contributed by atoms with Crippen LogP contribution in [0.4, 0.5) is 5.69 Å². The van der Waals surface area contributed by atoms with E-state index in [4.69, 9.17) is 19.9 Å². The highest BCUT2D eigenvalue weighted by atomic mass is 16.5. The van der Waals surface area contributed by atoms with E-state index in [9.17, 15) is 4.79 Å². The zero-order chi connectivity index (χ0) is 23.1. The van der Waals surface area contributed by atoms with Crippen molar-refractivity contribution in [1.29, 1.82) is 5.41 Å². The number of rotatable bonds is 7. The van der Waals surface area contributed by atoms with Gasteiger partial charge in [-0.05, 0) is 42.5 Å². The lowest BCUT2D eigenvalue weighted by molar-refractivity contribution is 0.0962. The molecule has 1 saturated carbocycles. The molecule has 0 atom stereocenters. The standard InChI is InChI=1S/C26H32N4O3/c1-16(2)20-12-19(13-22(25(20)32-3)29-8-10-33-11-9-29)23(31)15-30-14-18-6-7-21(17-4-5-17)28-24(18)26(30)27/h6-7,12-13,16-17,27H,4-5,8-11,14-15H2,1-3H3. The molecular weight excluding hydrogens is 416 g/mol. The molecule has 33 heavy (non-hydrogen) atoms. The van der Waals surface area contributed by atoms with Crippen LogP contribution in [-0.4, -0.2) is 61.5 Å². The van der Waals surface area contributed by atoms with Crippen LogP contribution in [0.5, 0.6) is 5.75 Å². The Morgan fingerprint density at radius 3 is 2.67 bits per heavy atom. The first-order chi connectivity index (χ1) is 16.0. The molecule has 0 bridgehead atoms. The van der Waals surface area contributed by atoms with E-state index >= 15 is 0 Å². The van der Waals surface area contributed by atoms with Gasteiger partial charge < -0.3 is 19.3 Å². The molecule has 1 aliphatic carbocycles. The van der Waals surface area contributed by atoms with Crippen molar-refractivity contribution >= 4 is 17.3 Å². The van der Waals surface area contributed by atoms with Crippen LogP contribution < -0.4 is 9.64 Å². The lowest BCUT2D eigenvalue weighted by Crippen LogP contribution is -2.37. The molecule has 1 aromatic heterocycles. The van der Waals surface area contributed by atoms with Crippen molar-refractivity contribution in [3.05, 3.63) is 52.3 Å². The van der Waals surface area contributed by atoms with Gasteiger partial charge in [0.15, 0.2) is 5.78 Å². The molecule has 5 rings (SSSR count). The molecule has 3 heterocycles. The van der Waals surface area contributed by atoms with Crippen LogP contribution in [-0.2, 0) is 11.3 Å². The van der Waals surface area contributed by atoms with Gasteiger partial charge in [0.1, 0.15) is 17.3 Å². The van der Waals surface area contributed by atoms with E-state index in [-0.39, 0.29) is 18.2 Å². The molecule has 0 radical (unpaired) electrons. The highest BCUT2D eigenvalue weighted by Crippen LogP contribution is 2.40. The van der Waals surface area contributed by atoms with E-state index in [1.165, 1.54) is 12.8 Å². The minimum absolute atomic E-state index is 0.00837. The molecule has 0 unspecified atom stereocenters. The van der Waals surface area contributed by atoms with Crippen molar-refractivity contribution in [3.63, 3.8) is 0 Å². The number of anilines is 1. The van der Waals surface area contributed by atoms with Gasteiger partial charge in [-0.2, -0.15) is 0 Å². The van der Waals surface area contributed by atoms with Gasteiger partial charge >= 0.3 is 0 Å². The third kappa shape index (κ3) is 4.22. The number of ether oxygens (including phenoxy) is 2. The van der Waals surface area contributed by atoms with E-state index in [0.717, 1.165) is 47.0 Å². The number of ketones is 1. The van der Waals surface area contributed by atoms with E-state index in [1.807, 2.05) is 17.0 Å². The second-order valence-corrected chi connectivity index (χ2v) is 9.52. The lowest BCUT2D eigenvalue weighted by Gasteiger charge is -2.31. The molecule has 7 heteroatoms.